The predicted octanol–water partition coefficient (Wildman–Crippen LogP) is 6.18. The molecule has 8 heterocycles. The lowest BCUT2D eigenvalue weighted by Gasteiger charge is -2.32. The van der Waals surface area contributed by atoms with Crippen molar-refractivity contribution in [2.45, 2.75) is 36.5 Å². The zero-order chi connectivity index (χ0) is 40.9. The van der Waals surface area contributed by atoms with E-state index in [-0.39, 0.29) is 60.6 Å². The number of carbonyl (C=O) groups is 4. The Bertz CT molecular complexity index is 2450. The highest BCUT2D eigenvalue weighted by Gasteiger charge is 2.74. The van der Waals surface area contributed by atoms with E-state index in [1.165, 1.54) is 9.80 Å². The zero-order valence-corrected chi connectivity index (χ0v) is 34.2. The van der Waals surface area contributed by atoms with Crippen LogP contribution < -0.4 is 10.0 Å². The van der Waals surface area contributed by atoms with Crippen LogP contribution in [0, 0.1) is 35.5 Å². The van der Waals surface area contributed by atoms with Crippen molar-refractivity contribution in [1.29, 1.82) is 0 Å². The van der Waals surface area contributed by atoms with E-state index in [2.05, 4.69) is 0 Å². The van der Waals surface area contributed by atoms with Gasteiger partial charge in [-0.15, -0.1) is 0 Å². The number of amides is 4. The molecule has 6 saturated heterocycles. The average molecular weight is 883 g/mol. The summed E-state index contributed by atoms with van der Waals surface area (Å²) < 4.78 is 13.1. The van der Waals surface area contributed by atoms with Gasteiger partial charge in [0.05, 0.1) is 115 Å². The van der Waals surface area contributed by atoms with E-state index in [1.54, 1.807) is 24.3 Å². The SMILES string of the molecule is O=C1[C@@H]2[C@@H]3O[C@@H]([C@H]4C(c5cccc(Cl)c5Cl)=NN(c5ccccc5)[C@@H]34)[C@@H]2C(=O)N1CCN1C(=O)[C@@H]2[C@@H]3O[C@@H]([C@H]4C(c5cccc(Cl)c5Cl)=NN(c5ccccc5)[C@@H]34)[C@@H]2C1=O. The van der Waals surface area contributed by atoms with Crippen molar-refractivity contribution in [3.8, 4) is 0 Å². The van der Waals surface area contributed by atoms with Crippen LogP contribution in [0.5, 0.6) is 0 Å². The Labute approximate surface area is 363 Å². The number of hydrazone groups is 2. The minimum Gasteiger partial charge on any atom is -0.370 e. The fraction of sp³-hybridized carbons (Fsp3) is 0.318. The van der Waals surface area contributed by atoms with Crippen LogP contribution in [0.4, 0.5) is 11.4 Å². The number of para-hydroxylation sites is 2. The van der Waals surface area contributed by atoms with Crippen LogP contribution in [0.2, 0.25) is 20.1 Å². The Morgan fingerprint density at radius 3 is 1.20 bits per heavy atom. The largest absolute Gasteiger partial charge is 0.370 e. The van der Waals surface area contributed by atoms with Crippen LogP contribution in [-0.4, -0.2) is 94.4 Å². The third-order valence-electron chi connectivity index (χ3n) is 13.8. The molecule has 12 nitrogen and oxygen atoms in total. The molecule has 0 unspecified atom stereocenters. The first-order valence-electron chi connectivity index (χ1n) is 19.9. The molecule has 0 radical (unpaired) electrons. The molecular formula is C44H32Cl4N6O6. The highest BCUT2D eigenvalue weighted by atomic mass is 35.5. The van der Waals surface area contributed by atoms with Gasteiger partial charge in [0.15, 0.2) is 0 Å². The van der Waals surface area contributed by atoms with Crippen molar-refractivity contribution in [2.24, 2.45) is 45.7 Å². The molecule has 60 heavy (non-hydrogen) atoms. The van der Waals surface area contributed by atoms with E-state index >= 15 is 0 Å². The third kappa shape index (κ3) is 4.88. The highest BCUT2D eigenvalue weighted by Crippen LogP contribution is 2.58. The van der Waals surface area contributed by atoms with Crippen LogP contribution >= 0.6 is 46.4 Å². The van der Waals surface area contributed by atoms with E-state index < -0.39 is 48.1 Å². The number of nitrogens with zero attached hydrogens (tertiary/aromatic N) is 6. The minimum atomic E-state index is -0.768. The van der Waals surface area contributed by atoms with Crippen LogP contribution in [0.1, 0.15) is 11.1 Å². The topological polar surface area (TPSA) is 124 Å². The summed E-state index contributed by atoms with van der Waals surface area (Å²) in [4.78, 5) is 59.9. The molecule has 4 amide bonds. The Balaban J connectivity index is 0.818. The maximum Gasteiger partial charge on any atom is 0.235 e. The number of carbonyl (C=O) groups excluding carboxylic acids is 4. The van der Waals surface area contributed by atoms with Crippen LogP contribution in [-0.2, 0) is 28.7 Å². The monoisotopic (exact) mass is 880 g/mol. The van der Waals surface area contributed by atoms with Crippen molar-refractivity contribution in [1.82, 2.24) is 9.80 Å². The van der Waals surface area contributed by atoms with Gasteiger partial charge < -0.3 is 9.47 Å². The average Bonchev–Trinajstić information content (AvgIpc) is 4.14. The molecule has 8 aliphatic rings. The number of ether oxygens (including phenoxy) is 2. The van der Waals surface area contributed by atoms with Gasteiger partial charge in [0.1, 0.15) is 0 Å². The van der Waals surface area contributed by atoms with Crippen molar-refractivity contribution < 1.29 is 28.7 Å². The van der Waals surface area contributed by atoms with Gasteiger partial charge in [-0.05, 0) is 36.4 Å². The molecule has 0 spiro atoms. The maximum absolute atomic E-state index is 14.4. The van der Waals surface area contributed by atoms with Gasteiger partial charge in [0.25, 0.3) is 0 Å². The summed E-state index contributed by atoms with van der Waals surface area (Å²) in [6, 6.07) is 29.1. The summed E-state index contributed by atoms with van der Waals surface area (Å²) >= 11 is 26.4. The number of imide groups is 2. The fourth-order valence-electron chi connectivity index (χ4n) is 11.5. The first-order chi connectivity index (χ1) is 29.1. The lowest BCUT2D eigenvalue weighted by Crippen LogP contribution is -2.50. The zero-order valence-electron chi connectivity index (χ0n) is 31.2. The van der Waals surface area contributed by atoms with E-state index in [1.807, 2.05) is 82.8 Å². The van der Waals surface area contributed by atoms with E-state index in [0.29, 0.717) is 42.6 Å². The van der Waals surface area contributed by atoms with Crippen LogP contribution in [0.3, 0.4) is 0 Å². The van der Waals surface area contributed by atoms with Crippen molar-refractivity contribution >= 4 is 92.8 Å². The van der Waals surface area contributed by atoms with Crippen molar-refractivity contribution in [2.75, 3.05) is 23.1 Å². The molecule has 0 N–H and O–H groups in total. The first kappa shape index (κ1) is 37.0. The first-order valence-corrected chi connectivity index (χ1v) is 21.4. The fourth-order valence-corrected chi connectivity index (χ4v) is 12.3. The van der Waals surface area contributed by atoms with Crippen LogP contribution in [0.25, 0.3) is 0 Å². The molecule has 4 bridgehead atoms. The lowest BCUT2D eigenvalue weighted by molar-refractivity contribution is -0.148. The molecule has 0 aliphatic carbocycles. The van der Waals surface area contributed by atoms with E-state index in [0.717, 1.165) is 11.4 Å². The second kappa shape index (κ2) is 13.3. The third-order valence-corrected chi connectivity index (χ3v) is 15.4. The Morgan fingerprint density at radius 2 is 0.817 bits per heavy atom. The van der Waals surface area contributed by atoms with Gasteiger partial charge in [0.2, 0.25) is 23.6 Å². The molecule has 302 valence electrons. The summed E-state index contributed by atoms with van der Waals surface area (Å²) in [6.45, 7) is -0.270. The molecule has 12 atom stereocenters. The van der Waals surface area contributed by atoms with Crippen molar-refractivity contribution in [3.05, 3.63) is 128 Å². The number of hydrogen-bond donors (Lipinski definition) is 0. The van der Waals surface area contributed by atoms with Gasteiger partial charge in [-0.25, -0.2) is 0 Å². The molecule has 8 aliphatic heterocycles. The molecule has 6 fully saturated rings. The Morgan fingerprint density at radius 1 is 0.450 bits per heavy atom. The Hall–Kier alpha value is -4.82. The second-order valence-corrected chi connectivity index (χ2v) is 18.0. The van der Waals surface area contributed by atoms with Gasteiger partial charge >= 0.3 is 0 Å². The quantitative estimate of drug-likeness (QED) is 0.202. The number of anilines is 2. The molecule has 16 heteroatoms. The Kier molecular flexibility index (Phi) is 8.22. The minimum absolute atomic E-state index is 0.135. The smallest absolute Gasteiger partial charge is 0.235 e. The van der Waals surface area contributed by atoms with E-state index in [4.69, 9.17) is 66.1 Å². The van der Waals surface area contributed by atoms with Crippen LogP contribution in [0.15, 0.2) is 107 Å². The molecule has 0 saturated carbocycles. The van der Waals surface area contributed by atoms with Gasteiger partial charge in [-0.3, -0.25) is 39.0 Å². The number of likely N-dealkylation sites (tertiary alicyclic amines) is 2. The molecule has 4 aromatic rings. The molecular weight excluding hydrogens is 850 g/mol. The number of benzene rings is 4. The summed E-state index contributed by atoms with van der Waals surface area (Å²) in [6.07, 6.45) is -2.62. The highest BCUT2D eigenvalue weighted by molar-refractivity contribution is 6.45. The molecule has 0 aromatic heterocycles. The summed E-state index contributed by atoms with van der Waals surface area (Å²) in [7, 11) is 0. The number of rotatable bonds is 7. The summed E-state index contributed by atoms with van der Waals surface area (Å²) in [5.41, 5.74) is 4.17. The maximum atomic E-state index is 14.4. The molecule has 12 rings (SSSR count). The normalized spacial score (nSPS) is 34.2. The van der Waals surface area contributed by atoms with Gasteiger partial charge in [-0.2, -0.15) is 10.2 Å². The van der Waals surface area contributed by atoms with Gasteiger partial charge in [0, 0.05) is 24.2 Å². The summed E-state index contributed by atoms with van der Waals surface area (Å²) in [5.74, 6) is -5.36. The van der Waals surface area contributed by atoms with Crippen molar-refractivity contribution in [3.63, 3.8) is 0 Å². The predicted molar refractivity (Wildman–Crippen MR) is 223 cm³/mol. The number of halogens is 4. The second-order valence-electron chi connectivity index (χ2n) is 16.5. The van der Waals surface area contributed by atoms with E-state index in [9.17, 15) is 19.2 Å². The van der Waals surface area contributed by atoms with Gasteiger partial charge in [-0.1, -0.05) is 107 Å². The molecule has 4 aromatic carbocycles. The number of hydrogen-bond acceptors (Lipinski definition) is 10. The summed E-state index contributed by atoms with van der Waals surface area (Å²) in [5, 5.41) is 15.3. The number of fused-ring (bicyclic) bond motifs is 16. The lowest BCUT2D eigenvalue weighted by atomic mass is 9.70. The standard InChI is InChI=1S/C44H32Cl4N6O6/c45-23-15-7-13-21(31(23)47)33-29-35(53(49-33)19-9-3-1-4-10-19)39-27-25(37(29)59-39)41(55)51(43(27)57)17-18-52-42(56)26-28(44(52)58)40-36-30(38(26)60-40)34(22-14-8-16-24(46)32(22)48)50-54(36)20-11-5-2-6-12-20/h1-16,25-30,35-40H,17-18H2/t25-,26-,27+,28+,29+,30+,35-,36-,37-,38-,39+,40+/m1/s1.